The van der Waals surface area contributed by atoms with Crippen LogP contribution in [-0.4, -0.2) is 73.4 Å². The summed E-state index contributed by atoms with van der Waals surface area (Å²) in [6.45, 7) is 4.81. The Labute approximate surface area is 528 Å². The summed E-state index contributed by atoms with van der Waals surface area (Å²) in [6, 6.07) is -0.767. The number of aliphatic hydroxyl groups excluding tert-OH is 1. The number of nitrogens with zero attached hydrogens (tertiary/aromatic N) is 1. The molecule has 0 rings (SSSR count). The molecule has 3 unspecified atom stereocenters. The number of amides is 1. The van der Waals surface area contributed by atoms with Crippen LogP contribution >= 0.6 is 7.82 Å². The number of phosphoric ester groups is 1. The quantitative estimate of drug-likeness (QED) is 0.0243. The van der Waals surface area contributed by atoms with Crippen molar-refractivity contribution < 1.29 is 32.9 Å². The van der Waals surface area contributed by atoms with Gasteiger partial charge in [-0.25, -0.2) is 4.57 Å². The van der Waals surface area contributed by atoms with E-state index >= 15 is 0 Å². The summed E-state index contributed by atoms with van der Waals surface area (Å²) in [5.74, 6) is -0.143. The van der Waals surface area contributed by atoms with Crippen LogP contribution in [0.5, 0.6) is 0 Å². The van der Waals surface area contributed by atoms with Gasteiger partial charge in [-0.3, -0.25) is 13.8 Å². The Balaban J connectivity index is 4.02. The van der Waals surface area contributed by atoms with Gasteiger partial charge in [0.15, 0.2) is 0 Å². The lowest BCUT2D eigenvalue weighted by Crippen LogP contribution is -2.46. The van der Waals surface area contributed by atoms with Gasteiger partial charge in [0.1, 0.15) is 13.2 Å². The molecule has 0 fully saturated rings. The Morgan fingerprint density at radius 1 is 0.412 bits per heavy atom. The molecule has 0 heterocycles. The number of carbonyl (C=O) groups excluding carboxylic acids is 1. The van der Waals surface area contributed by atoms with Crippen molar-refractivity contribution in [3.05, 3.63) is 97.2 Å². The molecule has 0 spiro atoms. The summed E-state index contributed by atoms with van der Waals surface area (Å²) in [5, 5.41) is 14.2. The van der Waals surface area contributed by atoms with E-state index in [-0.39, 0.29) is 19.1 Å². The minimum atomic E-state index is -4.33. The van der Waals surface area contributed by atoms with Gasteiger partial charge < -0.3 is 19.8 Å². The largest absolute Gasteiger partial charge is 0.472 e. The molecule has 0 aliphatic rings. The number of carbonyl (C=O) groups is 1. The van der Waals surface area contributed by atoms with E-state index < -0.39 is 20.0 Å². The molecule has 0 saturated heterocycles. The first kappa shape index (κ1) is 82.4. The molecule has 0 aromatic heterocycles. The molecule has 8 nitrogen and oxygen atoms in total. The monoisotopic (exact) mass is 1210 g/mol. The Morgan fingerprint density at radius 3 is 1.04 bits per heavy atom. The fraction of sp³-hybridized carbons (Fsp3) is 0.776. The van der Waals surface area contributed by atoms with Gasteiger partial charge >= 0.3 is 7.82 Å². The number of hydrogen-bond acceptors (Lipinski definition) is 5. The lowest BCUT2D eigenvalue weighted by atomic mass is 10.0. The van der Waals surface area contributed by atoms with Crippen molar-refractivity contribution in [1.82, 2.24) is 5.32 Å². The Morgan fingerprint density at radius 2 is 0.706 bits per heavy atom. The average Bonchev–Trinajstić information content (AvgIpc) is 3.49. The number of hydrogen-bond donors (Lipinski definition) is 3. The van der Waals surface area contributed by atoms with Crippen LogP contribution in [0.15, 0.2) is 97.2 Å². The highest BCUT2D eigenvalue weighted by molar-refractivity contribution is 7.47. The van der Waals surface area contributed by atoms with Crippen molar-refractivity contribution in [3.63, 3.8) is 0 Å². The minimum Gasteiger partial charge on any atom is -0.391 e. The van der Waals surface area contributed by atoms with Crippen molar-refractivity contribution >= 4 is 13.7 Å². The highest BCUT2D eigenvalue weighted by Gasteiger charge is 2.28. The van der Waals surface area contributed by atoms with Crippen molar-refractivity contribution in [2.75, 3.05) is 40.9 Å². The summed E-state index contributed by atoms with van der Waals surface area (Å²) in [4.78, 5) is 23.5. The van der Waals surface area contributed by atoms with E-state index in [1.807, 2.05) is 21.1 Å². The van der Waals surface area contributed by atoms with Crippen LogP contribution in [0.1, 0.15) is 328 Å². The SMILES string of the molecule is CC/C=C\C/C=C\C/C=C\C/C=C\C/C=C\C/C=C\C/C=C\C/C=C\CCCCCCCCCCCCCCCCC(=O)NC(COP(=O)(O)OCC[N+](C)(C)C)C(O)CCCCCCCCCCCCCCCCCCCCCCCCCC. The van der Waals surface area contributed by atoms with E-state index in [0.717, 1.165) is 89.9 Å². The summed E-state index contributed by atoms with van der Waals surface area (Å²) in [7, 11) is 1.62. The smallest absolute Gasteiger partial charge is 0.391 e. The Hall–Kier alpha value is -2.58. The maximum atomic E-state index is 13.1. The Kier molecular flexibility index (Phi) is 63.9. The summed E-state index contributed by atoms with van der Waals surface area (Å²) in [5.41, 5.74) is 0. The number of quaternary nitrogens is 1. The number of unbranched alkanes of at least 4 members (excludes halogenated alkanes) is 37. The van der Waals surface area contributed by atoms with Crippen LogP contribution in [0.25, 0.3) is 0 Å². The molecule has 0 aliphatic carbocycles. The summed E-state index contributed by atoms with van der Waals surface area (Å²) < 4.78 is 23.9. The predicted octanol–water partition coefficient (Wildman–Crippen LogP) is 23.3. The predicted molar refractivity (Wildman–Crippen MR) is 373 cm³/mol. The van der Waals surface area contributed by atoms with Crippen molar-refractivity contribution in [1.29, 1.82) is 0 Å². The van der Waals surface area contributed by atoms with Gasteiger partial charge in [0.25, 0.3) is 0 Å². The van der Waals surface area contributed by atoms with Gasteiger partial charge in [-0.2, -0.15) is 0 Å². The number of nitrogens with one attached hydrogen (secondary N) is 1. The molecule has 0 bridgehead atoms. The molecule has 0 radical (unpaired) electrons. The summed E-state index contributed by atoms with van der Waals surface area (Å²) >= 11 is 0. The van der Waals surface area contributed by atoms with Crippen molar-refractivity contribution in [2.24, 2.45) is 0 Å². The maximum absolute atomic E-state index is 13.1. The van der Waals surface area contributed by atoms with E-state index in [4.69, 9.17) is 9.05 Å². The van der Waals surface area contributed by atoms with Gasteiger partial charge in [0.2, 0.25) is 5.91 Å². The van der Waals surface area contributed by atoms with Crippen LogP contribution in [-0.2, 0) is 18.4 Å². The van der Waals surface area contributed by atoms with E-state index in [1.165, 1.54) is 212 Å². The highest BCUT2D eigenvalue weighted by atomic mass is 31.2. The summed E-state index contributed by atoms with van der Waals surface area (Å²) in [6.07, 6.45) is 95.1. The van der Waals surface area contributed by atoms with Crippen LogP contribution in [0, 0.1) is 0 Å². The molecule has 85 heavy (non-hydrogen) atoms. The van der Waals surface area contributed by atoms with Crippen LogP contribution in [0.4, 0.5) is 0 Å². The molecule has 0 saturated carbocycles. The molecular weight excluding hydrogens is 1070 g/mol. The highest BCUT2D eigenvalue weighted by Crippen LogP contribution is 2.43. The normalized spacial score (nSPS) is 14.2. The first-order valence-corrected chi connectivity index (χ1v) is 37.6. The number of allylic oxidation sites excluding steroid dienone is 16. The van der Waals surface area contributed by atoms with Crippen LogP contribution < -0.4 is 5.32 Å². The first-order valence-electron chi connectivity index (χ1n) is 36.1. The fourth-order valence-electron chi connectivity index (χ4n) is 10.5. The molecule has 0 aromatic carbocycles. The second-order valence-electron chi connectivity index (χ2n) is 25.6. The lowest BCUT2D eigenvalue weighted by molar-refractivity contribution is -0.870. The maximum Gasteiger partial charge on any atom is 0.472 e. The van der Waals surface area contributed by atoms with Gasteiger partial charge in [0.05, 0.1) is 39.9 Å². The Bertz CT molecular complexity index is 1710. The first-order chi connectivity index (χ1) is 41.5. The topological polar surface area (TPSA) is 105 Å². The van der Waals surface area contributed by atoms with E-state index in [0.29, 0.717) is 23.9 Å². The number of rotatable bonds is 66. The van der Waals surface area contributed by atoms with E-state index in [1.54, 1.807) is 0 Å². The van der Waals surface area contributed by atoms with Crippen molar-refractivity contribution in [3.8, 4) is 0 Å². The zero-order chi connectivity index (χ0) is 61.9. The number of likely N-dealkylation sites (N-methyl/N-ethyl adjacent to an activating group) is 1. The van der Waals surface area contributed by atoms with Gasteiger partial charge in [-0.05, 0) is 77.0 Å². The molecule has 494 valence electrons. The molecule has 0 aromatic rings. The molecule has 0 aliphatic heterocycles. The number of phosphoric acid groups is 1. The third-order valence-electron chi connectivity index (χ3n) is 16.1. The second-order valence-corrected chi connectivity index (χ2v) is 27.0. The second kappa shape index (κ2) is 65.9. The van der Waals surface area contributed by atoms with E-state index in [2.05, 4.69) is 116 Å². The number of aliphatic hydroxyl groups is 1. The lowest BCUT2D eigenvalue weighted by Gasteiger charge is -2.26. The van der Waals surface area contributed by atoms with Crippen LogP contribution in [0.3, 0.4) is 0 Å². The van der Waals surface area contributed by atoms with Crippen molar-refractivity contribution in [2.45, 2.75) is 341 Å². The third kappa shape index (κ3) is 68.8. The zero-order valence-corrected chi connectivity index (χ0v) is 57.5. The van der Waals surface area contributed by atoms with Gasteiger partial charge in [-0.1, -0.05) is 342 Å². The molecule has 1 amide bonds. The zero-order valence-electron chi connectivity index (χ0n) is 56.6. The molecule has 3 atom stereocenters. The molecule has 9 heteroatoms. The average molecular weight is 1210 g/mol. The fourth-order valence-corrected chi connectivity index (χ4v) is 11.3. The van der Waals surface area contributed by atoms with Gasteiger partial charge in [0, 0.05) is 6.42 Å². The minimum absolute atomic E-state index is 0.0726. The van der Waals surface area contributed by atoms with Crippen LogP contribution in [0.2, 0.25) is 0 Å². The molecule has 3 N–H and O–H groups in total. The van der Waals surface area contributed by atoms with E-state index in [9.17, 15) is 19.4 Å². The standard InChI is InChI=1S/C76H139N2O6P/c1-6-8-10-12-14-16-18-20-22-24-26-28-30-32-33-34-35-36-37-38-39-40-41-42-43-44-45-46-48-50-52-54-56-58-60-62-64-66-68-70-76(80)77-74(73-84-85(81,82)83-72-71-78(3,4)5)75(79)69-67-65-63-61-59-57-55-53-51-49-47-31-29-27-25-23-21-19-17-15-13-11-9-7-2/h8,10,14,16,20,22,26,28,32-33,35-36,38-39,41-42,74-75,79H,6-7,9,11-13,15,17-19,21,23-25,27,29-31,34,37,40,43-73H2,1-5H3,(H-,77,80,81,82)/p+1/b10-8-,16-14-,22-20-,28-26-,33-32-,36-35-,39-38-,42-41-. The molecular formula is C76H140N2O6P+. The van der Waals surface area contributed by atoms with Gasteiger partial charge in [-0.15, -0.1) is 0 Å². The third-order valence-corrected chi connectivity index (χ3v) is 17.1.